The zero-order chi connectivity index (χ0) is 28.3. The topological polar surface area (TPSA) is 88.8 Å². The lowest BCUT2D eigenvalue weighted by molar-refractivity contribution is -0.139. The number of carboxylic acid groups (broad SMARTS) is 1. The number of fused-ring (bicyclic) bond motifs is 3. The van der Waals surface area contributed by atoms with Crippen LogP contribution in [0.25, 0.3) is 50.3 Å². The monoisotopic (exact) mass is 533 g/mol. The number of carboxylic acids is 1. The van der Waals surface area contributed by atoms with E-state index in [1.54, 1.807) is 26.8 Å². The molecule has 202 valence electrons. The van der Waals surface area contributed by atoms with Crippen LogP contribution in [0.15, 0.2) is 101 Å². The van der Waals surface area contributed by atoms with Gasteiger partial charge < -0.3 is 19.6 Å². The number of para-hydroxylation sites is 2. The highest BCUT2D eigenvalue weighted by Gasteiger charge is 2.23. The number of amides is 1. The summed E-state index contributed by atoms with van der Waals surface area (Å²) in [7, 11) is 0. The molecule has 1 atom stereocenters. The first-order valence-electron chi connectivity index (χ1n) is 13.2. The lowest BCUT2D eigenvalue weighted by Crippen LogP contribution is -2.43. The normalized spacial score (nSPS) is 12.6. The molecule has 6 heteroatoms. The summed E-state index contributed by atoms with van der Waals surface area (Å²) in [6.45, 7) is 5.18. The molecule has 0 saturated carbocycles. The van der Waals surface area contributed by atoms with Crippen molar-refractivity contribution in [3.8, 4) is 22.3 Å². The van der Waals surface area contributed by atoms with Crippen LogP contribution in [0, 0.1) is 0 Å². The van der Waals surface area contributed by atoms with Crippen molar-refractivity contribution >= 4 is 40.1 Å². The number of alkyl carbamates (subject to hydrolysis) is 1. The minimum atomic E-state index is -1.12. The van der Waals surface area contributed by atoms with Gasteiger partial charge >= 0.3 is 12.1 Å². The van der Waals surface area contributed by atoms with E-state index in [-0.39, 0.29) is 6.42 Å². The number of furan rings is 1. The number of aliphatic carboxylic acids is 1. The lowest BCUT2D eigenvalue weighted by Gasteiger charge is -2.21. The number of hydrogen-bond donors (Lipinski definition) is 2. The van der Waals surface area contributed by atoms with Gasteiger partial charge in [-0.2, -0.15) is 0 Å². The second kappa shape index (κ2) is 11.1. The Balaban J connectivity index is 1.36. The fourth-order valence-electron chi connectivity index (χ4n) is 4.67. The van der Waals surface area contributed by atoms with Crippen LogP contribution in [0.4, 0.5) is 4.79 Å². The van der Waals surface area contributed by atoms with Crippen LogP contribution >= 0.6 is 0 Å². The Hall–Kier alpha value is -4.84. The summed E-state index contributed by atoms with van der Waals surface area (Å²) in [6.07, 6.45) is 2.97. The number of carbonyl (C=O) groups is 2. The van der Waals surface area contributed by atoms with E-state index in [9.17, 15) is 14.7 Å². The molecule has 0 aliphatic carbocycles. The third-order valence-electron chi connectivity index (χ3n) is 6.47. The third kappa shape index (κ3) is 6.07. The van der Waals surface area contributed by atoms with E-state index in [1.807, 2.05) is 48.5 Å². The molecule has 6 nitrogen and oxygen atoms in total. The van der Waals surface area contributed by atoms with Gasteiger partial charge in [-0.25, -0.2) is 9.59 Å². The third-order valence-corrected chi connectivity index (χ3v) is 6.47. The average Bonchev–Trinajstić information content (AvgIpc) is 3.31. The van der Waals surface area contributed by atoms with Gasteiger partial charge in [-0.15, -0.1) is 0 Å². The van der Waals surface area contributed by atoms with Crippen LogP contribution in [0.5, 0.6) is 0 Å². The highest BCUT2D eigenvalue weighted by Crippen LogP contribution is 2.36. The van der Waals surface area contributed by atoms with Crippen molar-refractivity contribution in [2.45, 2.75) is 38.8 Å². The Kier molecular flexibility index (Phi) is 7.43. The molecule has 5 rings (SSSR count). The Morgan fingerprint density at radius 2 is 1.55 bits per heavy atom. The Bertz CT molecular complexity index is 1720. The minimum Gasteiger partial charge on any atom is -0.480 e. The van der Waals surface area contributed by atoms with Gasteiger partial charge in [0.2, 0.25) is 0 Å². The van der Waals surface area contributed by atoms with Crippen molar-refractivity contribution in [3.63, 3.8) is 0 Å². The molecule has 0 fully saturated rings. The molecule has 1 unspecified atom stereocenters. The van der Waals surface area contributed by atoms with Crippen LogP contribution in [-0.2, 0) is 9.53 Å². The number of nitrogens with one attached hydrogen (secondary N) is 1. The van der Waals surface area contributed by atoms with Crippen LogP contribution < -0.4 is 5.32 Å². The van der Waals surface area contributed by atoms with E-state index in [0.29, 0.717) is 0 Å². The second-order valence-corrected chi connectivity index (χ2v) is 10.7. The maximum Gasteiger partial charge on any atom is 0.408 e. The molecular weight excluding hydrogens is 502 g/mol. The summed E-state index contributed by atoms with van der Waals surface area (Å²) in [5.74, 6) is -1.12. The number of hydrogen-bond acceptors (Lipinski definition) is 4. The van der Waals surface area contributed by atoms with Gasteiger partial charge in [-0.3, -0.25) is 0 Å². The molecule has 1 heterocycles. The zero-order valence-electron chi connectivity index (χ0n) is 22.7. The van der Waals surface area contributed by atoms with Gasteiger partial charge in [0.1, 0.15) is 22.8 Å². The number of ether oxygens (including phenoxy) is 1. The first-order valence-corrected chi connectivity index (χ1v) is 13.2. The number of carbonyl (C=O) groups excluding carboxylic acids is 1. The Morgan fingerprint density at radius 3 is 2.33 bits per heavy atom. The van der Waals surface area contributed by atoms with Gasteiger partial charge in [0.05, 0.1) is 0 Å². The van der Waals surface area contributed by atoms with Gasteiger partial charge in [0, 0.05) is 16.3 Å². The summed E-state index contributed by atoms with van der Waals surface area (Å²) >= 11 is 0. The molecular formula is C34H31NO5. The predicted octanol–water partition coefficient (Wildman–Crippen LogP) is 8.30. The number of benzene rings is 4. The smallest absolute Gasteiger partial charge is 0.408 e. The predicted molar refractivity (Wildman–Crippen MR) is 159 cm³/mol. The van der Waals surface area contributed by atoms with Gasteiger partial charge in [0.15, 0.2) is 0 Å². The standard InChI is InChI=1S/C34H31NO5/c1-34(2,3)40-33(38)35-29(32(36)37)18-7-11-22-10-6-12-23(20-22)24-13-8-14-25(21-24)26-16-9-17-28-27-15-4-5-19-30(27)39-31(26)28/h4-17,19-21,29H,18H2,1-3H3,(H,35,38)(H,36,37)/b11-7+. The molecule has 0 aliphatic heterocycles. The fourth-order valence-corrected chi connectivity index (χ4v) is 4.67. The zero-order valence-corrected chi connectivity index (χ0v) is 22.7. The molecule has 0 aliphatic rings. The van der Waals surface area contributed by atoms with E-state index in [1.165, 1.54) is 0 Å². The maximum atomic E-state index is 12.0. The molecule has 1 aromatic heterocycles. The molecule has 0 saturated heterocycles. The minimum absolute atomic E-state index is 0.121. The van der Waals surface area contributed by atoms with Gasteiger partial charge in [-0.1, -0.05) is 84.9 Å². The highest BCUT2D eigenvalue weighted by atomic mass is 16.6. The van der Waals surface area contributed by atoms with E-state index >= 15 is 0 Å². The van der Waals surface area contributed by atoms with Crippen LogP contribution in [0.2, 0.25) is 0 Å². The quantitative estimate of drug-likeness (QED) is 0.220. The lowest BCUT2D eigenvalue weighted by atomic mass is 9.97. The van der Waals surface area contributed by atoms with Crippen molar-refractivity contribution in [3.05, 3.63) is 103 Å². The van der Waals surface area contributed by atoms with Crippen LogP contribution in [-0.4, -0.2) is 28.8 Å². The van der Waals surface area contributed by atoms with Crippen molar-refractivity contribution in [2.24, 2.45) is 0 Å². The van der Waals surface area contributed by atoms with Crippen molar-refractivity contribution < 1.29 is 23.8 Å². The fraction of sp³-hybridized carbons (Fsp3) is 0.176. The van der Waals surface area contributed by atoms with Crippen molar-refractivity contribution in [1.29, 1.82) is 0 Å². The Morgan fingerprint density at radius 1 is 0.875 bits per heavy atom. The summed E-state index contributed by atoms with van der Waals surface area (Å²) in [5.41, 5.74) is 6.11. The molecule has 5 aromatic rings. The molecule has 1 amide bonds. The molecule has 40 heavy (non-hydrogen) atoms. The van der Waals surface area contributed by atoms with Crippen LogP contribution in [0.3, 0.4) is 0 Å². The molecule has 2 N–H and O–H groups in total. The summed E-state index contributed by atoms with van der Waals surface area (Å²) in [5, 5.41) is 14.1. The van der Waals surface area contributed by atoms with E-state index in [4.69, 9.17) is 9.15 Å². The van der Waals surface area contributed by atoms with Gasteiger partial charge in [-0.05, 0) is 67.6 Å². The Labute approximate surface area is 232 Å². The van der Waals surface area contributed by atoms with E-state index in [0.717, 1.165) is 49.8 Å². The SMILES string of the molecule is CC(C)(C)OC(=O)NC(C/C=C/c1cccc(-c2cccc(-c3cccc4c3oc3ccccc34)c2)c1)C(=O)O. The second-order valence-electron chi connectivity index (χ2n) is 10.7. The van der Waals surface area contributed by atoms with E-state index in [2.05, 4.69) is 53.8 Å². The largest absolute Gasteiger partial charge is 0.480 e. The summed E-state index contributed by atoms with van der Waals surface area (Å²) < 4.78 is 11.4. The summed E-state index contributed by atoms with van der Waals surface area (Å²) in [4.78, 5) is 23.7. The van der Waals surface area contributed by atoms with Gasteiger partial charge in [0.25, 0.3) is 0 Å². The van der Waals surface area contributed by atoms with Crippen molar-refractivity contribution in [2.75, 3.05) is 0 Å². The first kappa shape index (κ1) is 26.8. The van der Waals surface area contributed by atoms with Crippen LogP contribution in [0.1, 0.15) is 32.8 Å². The molecule has 0 bridgehead atoms. The number of rotatable bonds is 7. The van der Waals surface area contributed by atoms with E-state index < -0.39 is 23.7 Å². The maximum absolute atomic E-state index is 12.0. The summed E-state index contributed by atoms with van der Waals surface area (Å²) in [6, 6.07) is 29.5. The average molecular weight is 534 g/mol. The molecule has 0 radical (unpaired) electrons. The highest BCUT2D eigenvalue weighted by molar-refractivity contribution is 6.09. The first-order chi connectivity index (χ1) is 19.2. The molecule has 4 aromatic carbocycles. The molecule has 0 spiro atoms. The van der Waals surface area contributed by atoms with Crippen molar-refractivity contribution in [1.82, 2.24) is 5.32 Å².